The van der Waals surface area contributed by atoms with Crippen LogP contribution in [0.4, 0.5) is 11.4 Å². The van der Waals surface area contributed by atoms with Gasteiger partial charge in [-0.15, -0.1) is 10.2 Å². The van der Waals surface area contributed by atoms with Crippen LogP contribution < -0.4 is 16.0 Å². The van der Waals surface area contributed by atoms with E-state index in [1.165, 1.54) is 0 Å². The summed E-state index contributed by atoms with van der Waals surface area (Å²) in [5.74, 6) is 0.968. The lowest BCUT2D eigenvalue weighted by Gasteiger charge is -2.46. The summed E-state index contributed by atoms with van der Waals surface area (Å²) in [5, 5.41) is 27.8. The zero-order valence-electron chi connectivity index (χ0n) is 22.8. The zero-order valence-corrected chi connectivity index (χ0v) is 22.8. The predicted molar refractivity (Wildman–Crippen MR) is 147 cm³/mol. The summed E-state index contributed by atoms with van der Waals surface area (Å²) in [6.45, 7) is 9.96. The lowest BCUT2D eigenvalue weighted by Crippen LogP contribution is -2.44. The van der Waals surface area contributed by atoms with Gasteiger partial charge >= 0.3 is 0 Å². The molecule has 0 bridgehead atoms. The lowest BCUT2D eigenvalue weighted by molar-refractivity contribution is 0.102. The highest BCUT2D eigenvalue weighted by Crippen LogP contribution is 2.53. The monoisotopic (exact) mass is 512 g/mol. The van der Waals surface area contributed by atoms with Crippen molar-refractivity contribution in [1.82, 2.24) is 25.1 Å². The number of nitriles is 1. The molecule has 1 aliphatic heterocycles. The van der Waals surface area contributed by atoms with E-state index in [2.05, 4.69) is 66.0 Å². The quantitative estimate of drug-likeness (QED) is 0.412. The van der Waals surface area contributed by atoms with Gasteiger partial charge in [0.15, 0.2) is 0 Å². The molecule has 1 amide bonds. The first-order chi connectivity index (χ1) is 18.1. The van der Waals surface area contributed by atoms with Crippen molar-refractivity contribution in [3.63, 3.8) is 0 Å². The van der Waals surface area contributed by atoms with Crippen LogP contribution in [0.15, 0.2) is 36.7 Å². The van der Waals surface area contributed by atoms with Gasteiger partial charge in [0.1, 0.15) is 17.8 Å². The maximum absolute atomic E-state index is 13.5. The molecule has 1 aromatic carbocycles. The number of fused-ring (bicyclic) bond motifs is 1. The number of hydrogen-bond acceptors (Lipinski definition) is 7. The second kappa shape index (κ2) is 9.84. The number of benzene rings is 1. The Hall–Kier alpha value is -3.77. The molecule has 3 N–H and O–H groups in total. The molecule has 9 heteroatoms. The number of nitrogens with one attached hydrogen (secondary N) is 3. The topological polar surface area (TPSA) is 121 Å². The molecule has 0 atom stereocenters. The highest BCUT2D eigenvalue weighted by Gasteiger charge is 2.49. The van der Waals surface area contributed by atoms with Gasteiger partial charge in [-0.3, -0.25) is 4.79 Å². The Kier molecular flexibility index (Phi) is 6.70. The largest absolute Gasteiger partial charge is 0.382 e. The number of rotatable bonds is 8. The Morgan fingerprint density at radius 2 is 2.08 bits per heavy atom. The maximum Gasteiger partial charge on any atom is 0.274 e. The number of carbonyl (C=O) groups excluding carboxylic acids is 1. The van der Waals surface area contributed by atoms with E-state index in [9.17, 15) is 10.1 Å². The van der Waals surface area contributed by atoms with Gasteiger partial charge in [0, 0.05) is 43.7 Å². The number of nitrogens with zero attached hydrogens (tertiary/aromatic N) is 5. The Labute approximate surface area is 224 Å². The summed E-state index contributed by atoms with van der Waals surface area (Å²) in [7, 11) is 1.95. The molecule has 0 spiro atoms. The minimum atomic E-state index is -0.329. The van der Waals surface area contributed by atoms with E-state index in [0.717, 1.165) is 47.7 Å². The molecule has 1 saturated carbocycles. The van der Waals surface area contributed by atoms with E-state index in [-0.39, 0.29) is 16.7 Å². The first-order valence-corrected chi connectivity index (χ1v) is 13.3. The fourth-order valence-electron chi connectivity index (χ4n) is 5.80. The summed E-state index contributed by atoms with van der Waals surface area (Å²) in [6, 6.07) is 12.5. The van der Waals surface area contributed by atoms with Gasteiger partial charge in [0.25, 0.3) is 5.91 Å². The Bertz CT molecular complexity index is 1390. The van der Waals surface area contributed by atoms with Gasteiger partial charge in [-0.05, 0) is 48.1 Å². The van der Waals surface area contributed by atoms with Crippen LogP contribution in [0.3, 0.4) is 0 Å². The van der Waals surface area contributed by atoms with E-state index in [1.54, 1.807) is 6.33 Å². The smallest absolute Gasteiger partial charge is 0.274 e. The van der Waals surface area contributed by atoms with Gasteiger partial charge in [0.05, 0.1) is 22.9 Å². The van der Waals surface area contributed by atoms with Crippen molar-refractivity contribution in [3.8, 4) is 6.07 Å². The van der Waals surface area contributed by atoms with E-state index in [0.29, 0.717) is 36.3 Å². The fourth-order valence-corrected chi connectivity index (χ4v) is 5.80. The molecule has 2 aliphatic rings. The van der Waals surface area contributed by atoms with Crippen molar-refractivity contribution in [2.24, 2.45) is 13.0 Å². The minimum absolute atomic E-state index is 0.162. The molecule has 1 aliphatic carbocycles. The number of pyridine rings is 1. The first-order valence-electron chi connectivity index (χ1n) is 13.3. The highest BCUT2D eigenvalue weighted by molar-refractivity contribution is 6.03. The third-order valence-electron chi connectivity index (χ3n) is 7.85. The fraction of sp³-hybridized carbons (Fsp3) is 0.483. The van der Waals surface area contributed by atoms with Gasteiger partial charge in [-0.2, -0.15) is 5.26 Å². The van der Waals surface area contributed by atoms with Crippen LogP contribution in [0.25, 0.3) is 0 Å². The molecule has 0 unspecified atom stereocenters. The SMILES string of the molecule is CC(C)NCc1cc(C(=O)Nc2cccc(C3(c4nncn4C)CC(CC#N)C3)c2)nc2c1NCC2(C)C. The summed E-state index contributed by atoms with van der Waals surface area (Å²) >= 11 is 0. The number of hydrogen-bond donors (Lipinski definition) is 3. The van der Waals surface area contributed by atoms with Gasteiger partial charge in [-0.1, -0.05) is 39.8 Å². The normalized spacial score (nSPS) is 21.3. The van der Waals surface area contributed by atoms with Gasteiger partial charge in [0.2, 0.25) is 0 Å². The molecule has 38 heavy (non-hydrogen) atoms. The van der Waals surface area contributed by atoms with Crippen LogP contribution in [0.5, 0.6) is 0 Å². The number of anilines is 2. The number of amides is 1. The molecule has 1 fully saturated rings. The molecule has 198 valence electrons. The maximum atomic E-state index is 13.5. The number of aryl methyl sites for hydroxylation is 1. The summed E-state index contributed by atoms with van der Waals surface area (Å²) in [6.07, 6.45) is 3.89. The van der Waals surface area contributed by atoms with Crippen LogP contribution in [0, 0.1) is 17.2 Å². The first kappa shape index (κ1) is 25.9. The van der Waals surface area contributed by atoms with Crippen LogP contribution in [-0.2, 0) is 24.4 Å². The molecule has 0 saturated heterocycles. The van der Waals surface area contributed by atoms with E-state index in [1.807, 2.05) is 35.9 Å². The van der Waals surface area contributed by atoms with E-state index >= 15 is 0 Å². The third-order valence-corrected chi connectivity index (χ3v) is 7.85. The molecular formula is C29H36N8O. The summed E-state index contributed by atoms with van der Waals surface area (Å²) in [5.41, 5.74) is 4.70. The van der Waals surface area contributed by atoms with E-state index in [4.69, 9.17) is 4.98 Å². The second-order valence-electron chi connectivity index (χ2n) is 11.7. The average molecular weight is 513 g/mol. The molecular weight excluding hydrogens is 476 g/mol. The Morgan fingerprint density at radius 3 is 2.76 bits per heavy atom. The molecule has 9 nitrogen and oxygen atoms in total. The molecule has 3 heterocycles. The van der Waals surface area contributed by atoms with Crippen molar-refractivity contribution in [2.75, 3.05) is 17.2 Å². The molecule has 3 aromatic rings. The lowest BCUT2D eigenvalue weighted by atomic mass is 9.57. The standard InChI is InChI=1S/C29H36N8O/c1-18(2)31-15-20-11-23(35-25-24(20)32-16-28(25,3)4)26(38)34-22-8-6-7-21(12-22)29(13-19(14-29)9-10-30)27-36-33-17-37(27)5/h6-8,11-12,17-19,31-32H,9,13-16H2,1-5H3,(H,34,38). The van der Waals surface area contributed by atoms with E-state index < -0.39 is 0 Å². The van der Waals surface area contributed by atoms with Gasteiger partial charge < -0.3 is 20.5 Å². The number of aromatic nitrogens is 4. The van der Waals surface area contributed by atoms with Crippen molar-refractivity contribution >= 4 is 17.3 Å². The highest BCUT2D eigenvalue weighted by atomic mass is 16.1. The third kappa shape index (κ3) is 4.65. The average Bonchev–Trinajstić information content (AvgIpc) is 3.42. The molecule has 5 rings (SSSR count). The second-order valence-corrected chi connectivity index (χ2v) is 11.7. The van der Waals surface area contributed by atoms with Crippen molar-refractivity contribution in [1.29, 1.82) is 5.26 Å². The summed E-state index contributed by atoms with van der Waals surface area (Å²) in [4.78, 5) is 18.3. The molecule has 2 aromatic heterocycles. The minimum Gasteiger partial charge on any atom is -0.382 e. The van der Waals surface area contributed by atoms with Crippen LogP contribution >= 0.6 is 0 Å². The zero-order chi connectivity index (χ0) is 27.1. The van der Waals surface area contributed by atoms with Gasteiger partial charge in [-0.25, -0.2) is 4.98 Å². The van der Waals surface area contributed by atoms with Crippen molar-refractivity contribution in [3.05, 3.63) is 65.0 Å². The summed E-state index contributed by atoms with van der Waals surface area (Å²) < 4.78 is 1.95. The number of carbonyl (C=O) groups is 1. The van der Waals surface area contributed by atoms with Crippen LogP contribution in [0.2, 0.25) is 0 Å². The Morgan fingerprint density at radius 1 is 1.29 bits per heavy atom. The Balaban J connectivity index is 1.44. The van der Waals surface area contributed by atoms with Crippen LogP contribution in [0.1, 0.15) is 80.1 Å². The van der Waals surface area contributed by atoms with Crippen molar-refractivity contribution < 1.29 is 4.79 Å². The van der Waals surface area contributed by atoms with Crippen LogP contribution in [-0.4, -0.2) is 38.2 Å². The predicted octanol–water partition coefficient (Wildman–Crippen LogP) is 4.27. The van der Waals surface area contributed by atoms with Crippen molar-refractivity contribution in [2.45, 2.75) is 70.4 Å². The molecule has 0 radical (unpaired) electrons.